The van der Waals surface area contributed by atoms with Crippen LogP contribution in [0.4, 0.5) is 0 Å². The minimum atomic E-state index is -3.17. The standard InChI is InChI=1S/C9H18NO4P/c1-13-15(12,14-2)7-9(11)8-3-5-10-6-4-8/h8,10H,3-7H2,1-2H3. The van der Waals surface area contributed by atoms with Crippen molar-refractivity contribution < 1.29 is 18.4 Å². The Kier molecular flexibility index (Phi) is 4.93. The van der Waals surface area contributed by atoms with Crippen molar-refractivity contribution in [3.8, 4) is 0 Å². The fourth-order valence-electron chi connectivity index (χ4n) is 1.67. The molecule has 0 bridgehead atoms. The average Bonchev–Trinajstić information content (AvgIpc) is 2.30. The molecule has 1 heterocycles. The van der Waals surface area contributed by atoms with E-state index in [9.17, 15) is 9.36 Å². The van der Waals surface area contributed by atoms with Crippen molar-refractivity contribution in [1.82, 2.24) is 5.32 Å². The predicted octanol–water partition coefficient (Wildman–Crippen LogP) is 1.04. The van der Waals surface area contributed by atoms with Crippen LogP contribution in [0.2, 0.25) is 0 Å². The molecule has 0 spiro atoms. The second kappa shape index (κ2) is 5.75. The summed E-state index contributed by atoms with van der Waals surface area (Å²) in [5.41, 5.74) is 0. The molecule has 1 rings (SSSR count). The van der Waals surface area contributed by atoms with Gasteiger partial charge in [-0.2, -0.15) is 0 Å². The molecule has 0 saturated carbocycles. The largest absolute Gasteiger partial charge is 0.337 e. The number of hydrogen-bond acceptors (Lipinski definition) is 5. The molecule has 1 aliphatic heterocycles. The van der Waals surface area contributed by atoms with Gasteiger partial charge in [-0.05, 0) is 25.9 Å². The predicted molar refractivity (Wildman–Crippen MR) is 57.1 cm³/mol. The summed E-state index contributed by atoms with van der Waals surface area (Å²) in [5, 5.41) is 3.18. The van der Waals surface area contributed by atoms with Crippen LogP contribution in [0.15, 0.2) is 0 Å². The van der Waals surface area contributed by atoms with Gasteiger partial charge < -0.3 is 14.4 Å². The lowest BCUT2D eigenvalue weighted by atomic mass is 9.94. The van der Waals surface area contributed by atoms with Crippen molar-refractivity contribution in [1.29, 1.82) is 0 Å². The molecule has 0 aromatic carbocycles. The minimum absolute atomic E-state index is 0.00451. The van der Waals surface area contributed by atoms with E-state index in [-0.39, 0.29) is 17.9 Å². The van der Waals surface area contributed by atoms with E-state index in [1.807, 2.05) is 0 Å². The second-order valence-electron chi connectivity index (χ2n) is 3.62. The zero-order chi connectivity index (χ0) is 11.3. The van der Waals surface area contributed by atoms with E-state index in [0.717, 1.165) is 25.9 Å². The van der Waals surface area contributed by atoms with E-state index >= 15 is 0 Å². The molecule has 5 nitrogen and oxygen atoms in total. The van der Waals surface area contributed by atoms with Crippen LogP contribution >= 0.6 is 7.60 Å². The number of Topliss-reactive ketones (excluding diaryl/α,β-unsaturated/α-hetero) is 1. The molecule has 0 aliphatic carbocycles. The molecule has 6 heteroatoms. The number of piperidine rings is 1. The summed E-state index contributed by atoms with van der Waals surface area (Å²) in [7, 11) is -0.563. The van der Waals surface area contributed by atoms with E-state index in [1.54, 1.807) is 0 Å². The number of nitrogens with one attached hydrogen (secondary N) is 1. The number of ketones is 1. The van der Waals surface area contributed by atoms with Gasteiger partial charge in [-0.1, -0.05) is 0 Å². The third-order valence-electron chi connectivity index (χ3n) is 2.70. The topological polar surface area (TPSA) is 64.6 Å². The molecule has 0 unspecified atom stereocenters. The smallest absolute Gasteiger partial charge is 0.317 e. The lowest BCUT2D eigenvalue weighted by Crippen LogP contribution is -2.33. The van der Waals surface area contributed by atoms with E-state index in [2.05, 4.69) is 5.32 Å². The maximum atomic E-state index is 11.8. The molecule has 15 heavy (non-hydrogen) atoms. The maximum Gasteiger partial charge on any atom is 0.337 e. The molecule has 0 atom stereocenters. The monoisotopic (exact) mass is 235 g/mol. The number of rotatable bonds is 5. The van der Waals surface area contributed by atoms with Crippen LogP contribution in [0, 0.1) is 5.92 Å². The lowest BCUT2D eigenvalue weighted by molar-refractivity contribution is -0.121. The summed E-state index contributed by atoms with van der Waals surface area (Å²) in [6, 6.07) is 0. The number of hydrogen-bond donors (Lipinski definition) is 1. The number of carbonyl (C=O) groups excluding carboxylic acids is 1. The fraction of sp³-hybridized carbons (Fsp3) is 0.889. The molecule has 1 N–H and O–H groups in total. The Balaban J connectivity index is 2.49. The Morgan fingerprint density at radius 3 is 2.33 bits per heavy atom. The Labute approximate surface area is 90.1 Å². The van der Waals surface area contributed by atoms with Gasteiger partial charge in [0.2, 0.25) is 0 Å². The zero-order valence-corrected chi connectivity index (χ0v) is 10.1. The molecular weight excluding hydrogens is 217 g/mol. The van der Waals surface area contributed by atoms with Crippen LogP contribution in [0.5, 0.6) is 0 Å². The zero-order valence-electron chi connectivity index (χ0n) is 9.19. The highest BCUT2D eigenvalue weighted by molar-refractivity contribution is 7.54. The molecule has 1 saturated heterocycles. The Hall–Kier alpha value is -0.220. The maximum absolute atomic E-state index is 11.8. The van der Waals surface area contributed by atoms with Crippen molar-refractivity contribution in [2.45, 2.75) is 12.8 Å². The van der Waals surface area contributed by atoms with Crippen LogP contribution in [-0.4, -0.2) is 39.3 Å². The van der Waals surface area contributed by atoms with E-state index in [4.69, 9.17) is 9.05 Å². The van der Waals surface area contributed by atoms with Gasteiger partial charge in [0.05, 0.1) is 0 Å². The molecule has 1 aliphatic rings. The second-order valence-corrected chi connectivity index (χ2v) is 5.89. The van der Waals surface area contributed by atoms with Gasteiger partial charge in [0, 0.05) is 20.1 Å². The van der Waals surface area contributed by atoms with Crippen molar-refractivity contribution in [3.05, 3.63) is 0 Å². The molecular formula is C9H18NO4P. The van der Waals surface area contributed by atoms with E-state index in [1.165, 1.54) is 14.2 Å². The summed E-state index contributed by atoms with van der Waals surface area (Å²) in [6.45, 7) is 1.70. The van der Waals surface area contributed by atoms with Crippen LogP contribution in [0.3, 0.4) is 0 Å². The van der Waals surface area contributed by atoms with Gasteiger partial charge >= 0.3 is 7.60 Å². The third-order valence-corrected chi connectivity index (χ3v) is 4.51. The summed E-state index contributed by atoms with van der Waals surface area (Å²) in [5.74, 6) is -0.00610. The van der Waals surface area contributed by atoms with E-state index < -0.39 is 7.60 Å². The van der Waals surface area contributed by atoms with Gasteiger partial charge in [-0.25, -0.2) is 0 Å². The van der Waals surface area contributed by atoms with Gasteiger partial charge in [0.1, 0.15) is 11.9 Å². The molecule has 0 radical (unpaired) electrons. The highest BCUT2D eigenvalue weighted by Gasteiger charge is 2.30. The first-order valence-corrected chi connectivity index (χ1v) is 6.78. The van der Waals surface area contributed by atoms with Crippen LogP contribution < -0.4 is 5.32 Å². The summed E-state index contributed by atoms with van der Waals surface area (Å²) in [4.78, 5) is 11.8. The Morgan fingerprint density at radius 2 is 1.87 bits per heavy atom. The SMILES string of the molecule is COP(=O)(CC(=O)C1CCNCC1)OC. The lowest BCUT2D eigenvalue weighted by Gasteiger charge is -2.22. The van der Waals surface area contributed by atoms with Crippen molar-refractivity contribution in [2.75, 3.05) is 33.5 Å². The first-order chi connectivity index (χ1) is 7.11. The number of carbonyl (C=O) groups is 1. The molecule has 88 valence electrons. The fourth-order valence-corrected chi connectivity index (χ4v) is 2.71. The highest BCUT2D eigenvalue weighted by Crippen LogP contribution is 2.46. The van der Waals surface area contributed by atoms with Gasteiger partial charge in [0.15, 0.2) is 0 Å². The first kappa shape index (κ1) is 12.8. The minimum Gasteiger partial charge on any atom is -0.317 e. The van der Waals surface area contributed by atoms with Gasteiger partial charge in [-0.3, -0.25) is 9.36 Å². The van der Waals surface area contributed by atoms with Gasteiger partial charge in [0.25, 0.3) is 0 Å². The quantitative estimate of drug-likeness (QED) is 0.721. The molecule has 0 aromatic rings. The van der Waals surface area contributed by atoms with Crippen molar-refractivity contribution in [3.63, 3.8) is 0 Å². The first-order valence-electron chi connectivity index (χ1n) is 5.05. The molecule has 0 amide bonds. The van der Waals surface area contributed by atoms with Gasteiger partial charge in [-0.15, -0.1) is 0 Å². The van der Waals surface area contributed by atoms with Crippen LogP contribution in [0.1, 0.15) is 12.8 Å². The third kappa shape index (κ3) is 3.68. The summed E-state index contributed by atoms with van der Waals surface area (Å²) < 4.78 is 21.2. The Morgan fingerprint density at radius 1 is 1.33 bits per heavy atom. The van der Waals surface area contributed by atoms with Crippen molar-refractivity contribution >= 4 is 13.4 Å². The van der Waals surface area contributed by atoms with Crippen LogP contribution in [0.25, 0.3) is 0 Å². The average molecular weight is 235 g/mol. The van der Waals surface area contributed by atoms with Crippen molar-refractivity contribution in [2.24, 2.45) is 5.92 Å². The Bertz CT molecular complexity index is 255. The van der Waals surface area contributed by atoms with Crippen LogP contribution in [-0.2, 0) is 18.4 Å². The summed E-state index contributed by atoms with van der Waals surface area (Å²) >= 11 is 0. The normalized spacial score (nSPS) is 19.1. The molecule has 0 aromatic heterocycles. The summed E-state index contributed by atoms with van der Waals surface area (Å²) in [6.07, 6.45) is 1.52. The van der Waals surface area contributed by atoms with E-state index in [0.29, 0.717) is 0 Å². The molecule has 1 fully saturated rings. The highest BCUT2D eigenvalue weighted by atomic mass is 31.2.